The van der Waals surface area contributed by atoms with Gasteiger partial charge in [0.2, 0.25) is 0 Å². The topological polar surface area (TPSA) is 126 Å². The number of nitrogens with zero attached hydrogens (tertiary/aromatic N) is 5. The number of piperazine rings is 1. The number of aromatic nitrogens is 2. The zero-order valence-corrected chi connectivity index (χ0v) is 30.4. The Bertz CT molecular complexity index is 2310. The maximum absolute atomic E-state index is 13.3. The van der Waals surface area contributed by atoms with Crippen LogP contribution < -0.4 is 19.2 Å². The number of aryl methyl sites for hydroxylation is 1. The fourth-order valence-electron chi connectivity index (χ4n) is 6.09. The van der Waals surface area contributed by atoms with Gasteiger partial charge in [-0.05, 0) is 90.3 Å². The van der Waals surface area contributed by atoms with Gasteiger partial charge in [0.1, 0.15) is 11.4 Å². The largest absolute Gasteiger partial charge is 0.368 e. The molecule has 1 aliphatic rings. The summed E-state index contributed by atoms with van der Waals surface area (Å²) in [5, 5.41) is 17.2. The van der Waals surface area contributed by atoms with Gasteiger partial charge in [-0.25, -0.2) is 8.42 Å². The Labute approximate surface area is 311 Å². The third-order valence-electron chi connectivity index (χ3n) is 8.73. The summed E-state index contributed by atoms with van der Waals surface area (Å²) in [5.41, 5.74) is 6.36. The molecule has 1 aromatic heterocycles. The van der Waals surface area contributed by atoms with Crippen LogP contribution in [0.5, 0.6) is 0 Å². The second-order valence-corrected chi connectivity index (χ2v) is 15.2. The maximum atomic E-state index is 13.3. The lowest BCUT2D eigenvalue weighted by Crippen LogP contribution is -2.46. The van der Waals surface area contributed by atoms with Crippen LogP contribution in [-0.4, -0.2) is 49.3 Å². The summed E-state index contributed by atoms with van der Waals surface area (Å²) < 4.78 is 33.9. The number of nitro benzene ring substituents is 1. The van der Waals surface area contributed by atoms with Crippen LogP contribution in [0.1, 0.15) is 0 Å². The van der Waals surface area contributed by atoms with Crippen molar-refractivity contribution in [2.24, 2.45) is 7.05 Å². The molecule has 2 N–H and O–H groups in total. The van der Waals surface area contributed by atoms with Crippen molar-refractivity contribution in [3.8, 4) is 22.4 Å². The van der Waals surface area contributed by atoms with Crippen LogP contribution in [0.3, 0.4) is 0 Å². The van der Waals surface area contributed by atoms with Gasteiger partial charge in [-0.2, -0.15) is 5.10 Å². The van der Waals surface area contributed by atoms with E-state index < -0.39 is 14.9 Å². The number of hydrogen-bond acceptors (Lipinski definition) is 9. The summed E-state index contributed by atoms with van der Waals surface area (Å²) in [6.45, 7) is 3.18. The molecule has 0 saturated carbocycles. The van der Waals surface area contributed by atoms with E-state index in [2.05, 4.69) is 43.5 Å². The Hall–Kier alpha value is -5.50. The van der Waals surface area contributed by atoms with Crippen molar-refractivity contribution in [3.63, 3.8) is 0 Å². The van der Waals surface area contributed by atoms with Gasteiger partial charge in [0.15, 0.2) is 0 Å². The SMILES string of the molecule is Cn1cc(-c2cccc(N3CCN(c4ccc(NS(=O)(=O)c5ccc(NSc6ccccc6)c([N+](=O)[O-])c5)cc4)CC3)c2)c(-c2ccc(Cl)cc2)n1. The fourth-order valence-corrected chi connectivity index (χ4v) is 7.98. The Morgan fingerprint density at radius 2 is 1.48 bits per heavy atom. The lowest BCUT2D eigenvalue weighted by atomic mass is 10.0. The van der Waals surface area contributed by atoms with Crippen molar-refractivity contribution < 1.29 is 13.3 Å². The molecule has 1 fully saturated rings. The van der Waals surface area contributed by atoms with Crippen molar-refractivity contribution in [1.29, 1.82) is 0 Å². The van der Waals surface area contributed by atoms with Crippen LogP contribution in [0, 0.1) is 10.1 Å². The number of nitro groups is 1. The number of sulfonamides is 1. The van der Waals surface area contributed by atoms with Crippen LogP contribution in [-0.2, 0) is 17.1 Å². The Kier molecular flexibility index (Phi) is 10.1. The van der Waals surface area contributed by atoms with E-state index in [-0.39, 0.29) is 16.3 Å². The molecule has 6 aromatic rings. The molecule has 0 atom stereocenters. The number of nitrogens with one attached hydrogen (secondary N) is 2. The van der Waals surface area contributed by atoms with E-state index in [0.717, 1.165) is 70.9 Å². The second kappa shape index (κ2) is 15.0. The van der Waals surface area contributed by atoms with Crippen LogP contribution in [0.4, 0.5) is 28.4 Å². The fraction of sp³-hybridized carbons (Fsp3) is 0.132. The first-order valence-corrected chi connectivity index (χ1v) is 19.1. The molecule has 0 bridgehead atoms. The van der Waals surface area contributed by atoms with Crippen LogP contribution in [0.2, 0.25) is 5.02 Å². The molecule has 11 nitrogen and oxygen atoms in total. The lowest BCUT2D eigenvalue weighted by Gasteiger charge is -2.37. The molecule has 1 saturated heterocycles. The number of anilines is 4. The van der Waals surface area contributed by atoms with Crippen molar-refractivity contribution in [1.82, 2.24) is 9.78 Å². The van der Waals surface area contributed by atoms with Crippen molar-refractivity contribution in [2.75, 3.05) is 45.4 Å². The van der Waals surface area contributed by atoms with Crippen molar-refractivity contribution in [3.05, 3.63) is 143 Å². The molecule has 0 aliphatic carbocycles. The molecule has 2 heterocycles. The number of hydrogen-bond donors (Lipinski definition) is 2. The normalized spacial score (nSPS) is 13.2. The van der Waals surface area contributed by atoms with E-state index in [0.29, 0.717) is 10.7 Å². The van der Waals surface area contributed by atoms with Crippen molar-refractivity contribution >= 4 is 62.0 Å². The summed E-state index contributed by atoms with van der Waals surface area (Å²) in [5.74, 6) is 0. The van der Waals surface area contributed by atoms with E-state index in [1.165, 1.54) is 24.1 Å². The van der Waals surface area contributed by atoms with E-state index in [1.807, 2.05) is 84.7 Å². The Morgan fingerprint density at radius 3 is 2.17 bits per heavy atom. The van der Waals surface area contributed by atoms with Gasteiger partial charge in [-0.3, -0.25) is 19.5 Å². The first-order valence-electron chi connectivity index (χ1n) is 16.4. The lowest BCUT2D eigenvalue weighted by molar-refractivity contribution is -0.384. The first-order chi connectivity index (χ1) is 25.1. The molecule has 5 aromatic carbocycles. The Morgan fingerprint density at radius 1 is 0.788 bits per heavy atom. The average Bonchev–Trinajstić information content (AvgIpc) is 3.56. The minimum absolute atomic E-state index is 0.201. The first kappa shape index (κ1) is 34.9. The molecular weight excluding hydrogens is 718 g/mol. The third kappa shape index (κ3) is 7.86. The van der Waals surface area contributed by atoms with Gasteiger partial charge in [-0.1, -0.05) is 54.1 Å². The summed E-state index contributed by atoms with van der Waals surface area (Å²) in [4.78, 5) is 16.5. The smallest absolute Gasteiger partial charge is 0.294 e. The van der Waals surface area contributed by atoms with Crippen LogP contribution in [0.15, 0.2) is 137 Å². The molecule has 7 rings (SSSR count). The van der Waals surface area contributed by atoms with Gasteiger partial charge in [0, 0.05) is 83.6 Å². The van der Waals surface area contributed by atoms with Gasteiger partial charge in [0.05, 0.1) is 9.82 Å². The van der Waals surface area contributed by atoms with Crippen molar-refractivity contribution in [2.45, 2.75) is 9.79 Å². The minimum atomic E-state index is -4.09. The van der Waals surface area contributed by atoms with Crippen LogP contribution in [0.25, 0.3) is 22.4 Å². The summed E-state index contributed by atoms with van der Waals surface area (Å²) in [6, 6.07) is 36.5. The highest BCUT2D eigenvalue weighted by Crippen LogP contribution is 2.35. The highest BCUT2D eigenvalue weighted by molar-refractivity contribution is 8.00. The predicted molar refractivity (Wildman–Crippen MR) is 210 cm³/mol. The van der Waals surface area contributed by atoms with Crippen LogP contribution >= 0.6 is 23.5 Å². The molecule has 0 unspecified atom stereocenters. The number of halogens is 1. The zero-order chi connectivity index (χ0) is 36.2. The third-order valence-corrected chi connectivity index (χ3v) is 11.2. The minimum Gasteiger partial charge on any atom is -0.368 e. The predicted octanol–water partition coefficient (Wildman–Crippen LogP) is 8.56. The molecule has 14 heteroatoms. The van der Waals surface area contributed by atoms with Gasteiger partial charge in [-0.15, -0.1) is 0 Å². The molecule has 52 heavy (non-hydrogen) atoms. The van der Waals surface area contributed by atoms with E-state index in [4.69, 9.17) is 16.7 Å². The van der Waals surface area contributed by atoms with Gasteiger partial charge in [0.25, 0.3) is 15.7 Å². The van der Waals surface area contributed by atoms with E-state index >= 15 is 0 Å². The average molecular weight is 752 g/mol. The number of rotatable bonds is 11. The molecular formula is C38H34ClN7O4S2. The molecule has 0 amide bonds. The van der Waals surface area contributed by atoms with Gasteiger partial charge >= 0.3 is 0 Å². The summed E-state index contributed by atoms with van der Waals surface area (Å²) in [7, 11) is -2.17. The highest BCUT2D eigenvalue weighted by atomic mass is 35.5. The molecule has 1 aliphatic heterocycles. The quantitative estimate of drug-likeness (QED) is 0.0761. The molecule has 0 radical (unpaired) electrons. The Balaban J connectivity index is 0.986. The molecule has 264 valence electrons. The van der Waals surface area contributed by atoms with Gasteiger partial charge < -0.3 is 14.5 Å². The zero-order valence-electron chi connectivity index (χ0n) is 28.0. The van der Waals surface area contributed by atoms with E-state index in [1.54, 1.807) is 12.1 Å². The standard InChI is InChI=1S/C38H34ClN7O4S2/c1-43-26-35(38(40-43)27-10-12-29(39)13-11-27)28-6-5-7-32(24-28)45-22-20-44(21-23-45)31-16-14-30(15-17-31)42-52(49,50)34-18-19-36(37(25-34)46(47)48)41-51-33-8-3-2-4-9-33/h2-19,24-26,41-42H,20-23H2,1H3. The second-order valence-electron chi connectivity index (χ2n) is 12.2. The summed E-state index contributed by atoms with van der Waals surface area (Å²) >= 11 is 7.33. The highest BCUT2D eigenvalue weighted by Gasteiger charge is 2.23. The number of benzene rings is 5. The maximum Gasteiger partial charge on any atom is 0.294 e. The van der Waals surface area contributed by atoms with E-state index in [9.17, 15) is 18.5 Å². The molecule has 0 spiro atoms. The monoisotopic (exact) mass is 751 g/mol. The summed E-state index contributed by atoms with van der Waals surface area (Å²) in [6.07, 6.45) is 2.04.